The zero-order chi connectivity index (χ0) is 14.5. The molecule has 0 unspecified atom stereocenters. The highest BCUT2D eigenvalue weighted by Gasteiger charge is 2.13. The van der Waals surface area contributed by atoms with Crippen LogP contribution in [0.3, 0.4) is 0 Å². The number of carbonyl (C=O) groups is 1. The molecule has 0 saturated heterocycles. The molecular weight excluding hydrogens is 260 g/mol. The molecule has 0 aliphatic rings. The molecule has 0 atom stereocenters. The van der Waals surface area contributed by atoms with Crippen LogP contribution in [0.1, 0.15) is 10.4 Å². The molecule has 0 saturated carbocycles. The lowest BCUT2D eigenvalue weighted by Gasteiger charge is -2.10. The maximum Gasteiger partial charge on any atom is 0.203 e. The molecule has 0 aromatic heterocycles. The Morgan fingerprint density at radius 2 is 1.80 bits per heavy atom. The summed E-state index contributed by atoms with van der Waals surface area (Å²) in [5.74, 6) is 0.188. The second-order valence-electron chi connectivity index (χ2n) is 4.06. The van der Waals surface area contributed by atoms with Gasteiger partial charge in [-0.1, -0.05) is 12.1 Å². The number of Topliss-reactive ketones (excluding diaryl/α,β-unsaturated/α-hetero) is 1. The molecule has 0 spiro atoms. The van der Waals surface area contributed by atoms with Crippen LogP contribution in [0, 0.1) is 0 Å². The van der Waals surface area contributed by atoms with Gasteiger partial charge < -0.3 is 19.7 Å². The maximum absolute atomic E-state index is 11.9. The smallest absolute Gasteiger partial charge is 0.203 e. The van der Waals surface area contributed by atoms with E-state index in [1.807, 2.05) is 0 Å². The van der Waals surface area contributed by atoms with E-state index in [0.29, 0.717) is 11.5 Å². The van der Waals surface area contributed by atoms with Gasteiger partial charge in [0.05, 0.1) is 12.7 Å². The Balaban J connectivity index is 2.09. The number of aromatic hydroxyl groups is 2. The molecule has 20 heavy (non-hydrogen) atoms. The van der Waals surface area contributed by atoms with Crippen molar-refractivity contribution in [3.63, 3.8) is 0 Å². The largest absolute Gasteiger partial charge is 0.508 e. The van der Waals surface area contributed by atoms with Crippen LogP contribution in [0.15, 0.2) is 42.5 Å². The quantitative estimate of drug-likeness (QED) is 0.819. The zero-order valence-electron chi connectivity index (χ0n) is 10.9. The summed E-state index contributed by atoms with van der Waals surface area (Å²) in [5.41, 5.74) is 0.0951. The first kappa shape index (κ1) is 13.7. The molecule has 0 radical (unpaired) electrons. The van der Waals surface area contributed by atoms with Gasteiger partial charge >= 0.3 is 0 Å². The van der Waals surface area contributed by atoms with Gasteiger partial charge in [0.1, 0.15) is 11.5 Å². The van der Waals surface area contributed by atoms with Gasteiger partial charge in [-0.15, -0.1) is 0 Å². The highest BCUT2D eigenvalue weighted by Crippen LogP contribution is 2.27. The minimum absolute atomic E-state index is 0.0951. The monoisotopic (exact) mass is 274 g/mol. The van der Waals surface area contributed by atoms with E-state index in [9.17, 15) is 15.0 Å². The summed E-state index contributed by atoms with van der Waals surface area (Å²) in [4.78, 5) is 11.9. The molecule has 2 rings (SSSR count). The molecule has 0 heterocycles. The lowest BCUT2D eigenvalue weighted by Crippen LogP contribution is -2.12. The van der Waals surface area contributed by atoms with Crippen molar-refractivity contribution in [2.75, 3.05) is 13.7 Å². The third-order valence-electron chi connectivity index (χ3n) is 2.71. The molecular formula is C15H14O5. The Morgan fingerprint density at radius 3 is 2.45 bits per heavy atom. The zero-order valence-corrected chi connectivity index (χ0v) is 10.9. The summed E-state index contributed by atoms with van der Waals surface area (Å²) in [6.45, 7) is -0.237. The number of methoxy groups -OCH3 is 1. The molecule has 2 aromatic rings. The fraction of sp³-hybridized carbons (Fsp3) is 0.133. The van der Waals surface area contributed by atoms with E-state index < -0.39 is 5.78 Å². The fourth-order valence-corrected chi connectivity index (χ4v) is 1.71. The van der Waals surface area contributed by atoms with Gasteiger partial charge in [-0.2, -0.15) is 0 Å². The minimum Gasteiger partial charge on any atom is -0.508 e. The normalized spacial score (nSPS) is 10.1. The summed E-state index contributed by atoms with van der Waals surface area (Å²) < 4.78 is 10.5. The number of para-hydroxylation sites is 2. The van der Waals surface area contributed by atoms with Crippen molar-refractivity contribution in [1.29, 1.82) is 0 Å². The van der Waals surface area contributed by atoms with E-state index in [2.05, 4.69) is 0 Å². The van der Waals surface area contributed by atoms with Gasteiger partial charge in [0.2, 0.25) is 5.78 Å². The number of rotatable bonds is 5. The number of ketones is 1. The van der Waals surface area contributed by atoms with Crippen molar-refractivity contribution < 1.29 is 24.5 Å². The van der Waals surface area contributed by atoms with Crippen molar-refractivity contribution in [3.05, 3.63) is 48.0 Å². The van der Waals surface area contributed by atoms with E-state index in [1.165, 1.54) is 19.2 Å². The highest BCUT2D eigenvalue weighted by molar-refractivity contribution is 5.99. The third-order valence-corrected chi connectivity index (χ3v) is 2.71. The molecule has 0 aliphatic heterocycles. The predicted octanol–water partition coefficient (Wildman–Crippen LogP) is 2.37. The Labute approximate surface area is 116 Å². The van der Waals surface area contributed by atoms with Crippen LogP contribution in [0.2, 0.25) is 0 Å². The number of phenolic OH excluding ortho intramolecular Hbond substituents is 2. The Morgan fingerprint density at radius 1 is 1.10 bits per heavy atom. The van der Waals surface area contributed by atoms with Gasteiger partial charge in [-0.25, -0.2) is 0 Å². The number of hydrogen-bond donors (Lipinski definition) is 2. The van der Waals surface area contributed by atoms with Crippen molar-refractivity contribution in [3.8, 4) is 23.0 Å². The molecule has 0 fully saturated rings. The van der Waals surface area contributed by atoms with Gasteiger partial charge in [0, 0.05) is 6.07 Å². The molecule has 104 valence electrons. The van der Waals surface area contributed by atoms with Crippen LogP contribution in [-0.4, -0.2) is 29.7 Å². The van der Waals surface area contributed by atoms with Crippen molar-refractivity contribution in [1.82, 2.24) is 0 Å². The first-order valence-corrected chi connectivity index (χ1v) is 5.93. The van der Waals surface area contributed by atoms with E-state index in [1.54, 1.807) is 24.3 Å². The van der Waals surface area contributed by atoms with Crippen LogP contribution in [-0.2, 0) is 0 Å². The summed E-state index contributed by atoms with van der Waals surface area (Å²) in [6.07, 6.45) is 0. The fourth-order valence-electron chi connectivity index (χ4n) is 1.71. The summed E-state index contributed by atoms with van der Waals surface area (Å²) in [6, 6.07) is 10.7. The Kier molecular flexibility index (Phi) is 4.10. The summed E-state index contributed by atoms with van der Waals surface area (Å²) in [7, 11) is 1.51. The van der Waals surface area contributed by atoms with Crippen molar-refractivity contribution >= 4 is 5.78 Å². The van der Waals surface area contributed by atoms with Gasteiger partial charge in [-0.05, 0) is 24.3 Å². The average molecular weight is 274 g/mol. The van der Waals surface area contributed by atoms with E-state index >= 15 is 0 Å². The summed E-state index contributed by atoms with van der Waals surface area (Å²) in [5, 5.41) is 18.8. The van der Waals surface area contributed by atoms with Crippen LogP contribution in [0.25, 0.3) is 0 Å². The van der Waals surface area contributed by atoms with E-state index in [0.717, 1.165) is 6.07 Å². The number of carbonyl (C=O) groups excluding carboxylic acids is 1. The van der Waals surface area contributed by atoms with Crippen LogP contribution < -0.4 is 9.47 Å². The van der Waals surface area contributed by atoms with Crippen molar-refractivity contribution in [2.24, 2.45) is 0 Å². The lowest BCUT2D eigenvalue weighted by molar-refractivity contribution is 0.0917. The van der Waals surface area contributed by atoms with E-state index in [4.69, 9.17) is 9.47 Å². The lowest BCUT2D eigenvalue weighted by atomic mass is 10.1. The third kappa shape index (κ3) is 3.00. The number of hydrogen-bond acceptors (Lipinski definition) is 5. The van der Waals surface area contributed by atoms with Crippen molar-refractivity contribution in [2.45, 2.75) is 0 Å². The topological polar surface area (TPSA) is 76.0 Å². The van der Waals surface area contributed by atoms with Crippen LogP contribution in [0.5, 0.6) is 23.0 Å². The molecule has 0 aliphatic carbocycles. The molecule has 5 nitrogen and oxygen atoms in total. The second-order valence-corrected chi connectivity index (χ2v) is 4.06. The molecule has 2 N–H and O–H groups in total. The van der Waals surface area contributed by atoms with Gasteiger partial charge in [-0.3, -0.25) is 4.79 Å². The number of ether oxygens (including phenoxy) is 2. The number of benzene rings is 2. The first-order chi connectivity index (χ1) is 9.61. The Hall–Kier alpha value is -2.69. The number of phenols is 2. The average Bonchev–Trinajstić information content (AvgIpc) is 2.45. The molecule has 5 heteroatoms. The highest BCUT2D eigenvalue weighted by atomic mass is 16.5. The van der Waals surface area contributed by atoms with Gasteiger partial charge in [0.15, 0.2) is 18.1 Å². The minimum atomic E-state index is -0.395. The predicted molar refractivity (Wildman–Crippen MR) is 72.6 cm³/mol. The van der Waals surface area contributed by atoms with Crippen LogP contribution >= 0.6 is 0 Å². The molecule has 0 bridgehead atoms. The maximum atomic E-state index is 11.9. The SMILES string of the molecule is COc1ccccc1OCC(=O)c1ccc(O)cc1O. The molecule has 0 amide bonds. The Bertz CT molecular complexity index is 621. The molecule has 2 aromatic carbocycles. The van der Waals surface area contributed by atoms with E-state index in [-0.39, 0.29) is 23.7 Å². The first-order valence-electron chi connectivity index (χ1n) is 5.93. The standard InChI is InChI=1S/C15H14O5/c1-19-14-4-2-3-5-15(14)20-9-13(18)11-7-6-10(16)8-12(11)17/h2-8,16-17H,9H2,1H3. The van der Waals surface area contributed by atoms with Gasteiger partial charge in [0.25, 0.3) is 0 Å². The van der Waals surface area contributed by atoms with Crippen LogP contribution in [0.4, 0.5) is 0 Å². The summed E-state index contributed by atoms with van der Waals surface area (Å²) >= 11 is 0. The second kappa shape index (κ2) is 5.97.